The van der Waals surface area contributed by atoms with Gasteiger partial charge in [0, 0.05) is 6.42 Å². The van der Waals surface area contributed by atoms with Crippen molar-refractivity contribution in [2.75, 3.05) is 12.2 Å². The minimum Gasteiger partial charge on any atom is -0.271 e. The van der Waals surface area contributed by atoms with Crippen LogP contribution in [-0.2, 0) is 11.3 Å². The average molecular weight is 179 g/mol. The standard InChI is InChI=1S/C9H9NOS/c1-11-10-8-5-3-2-4-7(8)6-9(10)12/h2-5H,6H2,1H3. The number of anilines is 1. The highest BCUT2D eigenvalue weighted by atomic mass is 32.1. The monoisotopic (exact) mass is 179 g/mol. The molecular weight excluding hydrogens is 170 g/mol. The second-order valence-corrected chi connectivity index (χ2v) is 3.15. The molecule has 0 spiro atoms. The molecule has 0 unspecified atom stereocenters. The lowest BCUT2D eigenvalue weighted by molar-refractivity contribution is 0.213. The Morgan fingerprint density at radius 1 is 1.42 bits per heavy atom. The minimum absolute atomic E-state index is 0.819. The summed E-state index contributed by atoms with van der Waals surface area (Å²) in [6.07, 6.45) is 0.819. The summed E-state index contributed by atoms with van der Waals surface area (Å²) >= 11 is 5.15. The van der Waals surface area contributed by atoms with Crippen LogP contribution in [0.3, 0.4) is 0 Å². The molecule has 0 bridgehead atoms. The van der Waals surface area contributed by atoms with Gasteiger partial charge in [-0.25, -0.2) is 5.06 Å². The van der Waals surface area contributed by atoms with Crippen molar-refractivity contribution in [3.8, 4) is 0 Å². The van der Waals surface area contributed by atoms with E-state index < -0.39 is 0 Å². The Morgan fingerprint density at radius 3 is 2.92 bits per heavy atom. The third kappa shape index (κ3) is 1.02. The molecule has 1 aliphatic rings. The first kappa shape index (κ1) is 7.71. The molecule has 0 atom stereocenters. The van der Waals surface area contributed by atoms with Crippen LogP contribution < -0.4 is 5.06 Å². The summed E-state index contributed by atoms with van der Waals surface area (Å²) in [7, 11) is 1.63. The van der Waals surface area contributed by atoms with Crippen LogP contribution >= 0.6 is 12.2 Å². The lowest BCUT2D eigenvalue weighted by Crippen LogP contribution is -2.23. The van der Waals surface area contributed by atoms with Crippen LogP contribution in [0.1, 0.15) is 5.56 Å². The van der Waals surface area contributed by atoms with Gasteiger partial charge in [0.05, 0.1) is 12.8 Å². The van der Waals surface area contributed by atoms with Gasteiger partial charge in [0.25, 0.3) is 0 Å². The molecule has 12 heavy (non-hydrogen) atoms. The van der Waals surface area contributed by atoms with Crippen LogP contribution in [0.5, 0.6) is 0 Å². The van der Waals surface area contributed by atoms with E-state index in [1.807, 2.05) is 18.2 Å². The molecule has 62 valence electrons. The number of hydroxylamine groups is 1. The van der Waals surface area contributed by atoms with Gasteiger partial charge in [-0.3, -0.25) is 4.84 Å². The van der Waals surface area contributed by atoms with E-state index in [2.05, 4.69) is 6.07 Å². The molecule has 1 aromatic carbocycles. The predicted molar refractivity (Wildman–Crippen MR) is 52.2 cm³/mol. The van der Waals surface area contributed by atoms with E-state index in [9.17, 15) is 0 Å². The van der Waals surface area contributed by atoms with E-state index >= 15 is 0 Å². The first-order valence-electron chi connectivity index (χ1n) is 3.78. The van der Waals surface area contributed by atoms with Gasteiger partial charge < -0.3 is 0 Å². The highest BCUT2D eigenvalue weighted by Crippen LogP contribution is 2.28. The second-order valence-electron chi connectivity index (χ2n) is 2.68. The number of nitrogens with zero attached hydrogens (tertiary/aromatic N) is 1. The predicted octanol–water partition coefficient (Wildman–Crippen LogP) is 1.94. The minimum atomic E-state index is 0.819. The fourth-order valence-electron chi connectivity index (χ4n) is 1.43. The zero-order valence-corrected chi connectivity index (χ0v) is 7.60. The van der Waals surface area contributed by atoms with Crippen LogP contribution in [0, 0.1) is 0 Å². The molecule has 0 fully saturated rings. The molecule has 1 heterocycles. The van der Waals surface area contributed by atoms with Crippen LogP contribution in [0.15, 0.2) is 24.3 Å². The molecule has 0 saturated carbocycles. The molecule has 3 heteroatoms. The molecule has 1 aliphatic heterocycles. The lowest BCUT2D eigenvalue weighted by Gasteiger charge is -2.14. The highest BCUT2D eigenvalue weighted by Gasteiger charge is 2.23. The Labute approximate surface area is 76.7 Å². The average Bonchev–Trinajstić information content (AvgIpc) is 2.40. The Morgan fingerprint density at radius 2 is 2.17 bits per heavy atom. The zero-order valence-electron chi connectivity index (χ0n) is 6.78. The third-order valence-corrected chi connectivity index (χ3v) is 2.27. The van der Waals surface area contributed by atoms with Crippen molar-refractivity contribution in [1.82, 2.24) is 0 Å². The summed E-state index contributed by atoms with van der Waals surface area (Å²) in [5.74, 6) is 0. The molecule has 1 aromatic rings. The summed E-state index contributed by atoms with van der Waals surface area (Å²) < 4.78 is 0. The largest absolute Gasteiger partial charge is 0.271 e. The van der Waals surface area contributed by atoms with Gasteiger partial charge >= 0.3 is 0 Å². The Bertz CT molecular complexity index is 324. The number of fused-ring (bicyclic) bond motifs is 1. The first-order chi connectivity index (χ1) is 5.83. The normalized spacial score (nSPS) is 15.1. The molecule has 2 rings (SSSR count). The Balaban J connectivity index is 2.47. The van der Waals surface area contributed by atoms with E-state index in [-0.39, 0.29) is 0 Å². The molecule has 2 nitrogen and oxygen atoms in total. The van der Waals surface area contributed by atoms with Crippen LogP contribution in [0.2, 0.25) is 0 Å². The lowest BCUT2D eigenvalue weighted by atomic mass is 10.2. The van der Waals surface area contributed by atoms with Crippen molar-refractivity contribution in [2.45, 2.75) is 6.42 Å². The Kier molecular flexibility index (Phi) is 1.83. The topological polar surface area (TPSA) is 12.5 Å². The van der Waals surface area contributed by atoms with E-state index in [0.29, 0.717) is 0 Å². The van der Waals surface area contributed by atoms with Gasteiger partial charge in [-0.15, -0.1) is 0 Å². The number of hydrogen-bond acceptors (Lipinski definition) is 2. The van der Waals surface area contributed by atoms with Gasteiger partial charge in [0.2, 0.25) is 0 Å². The van der Waals surface area contributed by atoms with Crippen LogP contribution in [0.25, 0.3) is 0 Å². The third-order valence-electron chi connectivity index (χ3n) is 1.96. The molecule has 0 saturated heterocycles. The van der Waals surface area contributed by atoms with Crippen LogP contribution in [0.4, 0.5) is 5.69 Å². The molecule has 0 N–H and O–H groups in total. The fourth-order valence-corrected chi connectivity index (χ4v) is 1.76. The summed E-state index contributed by atoms with van der Waals surface area (Å²) in [5, 5.41) is 1.70. The zero-order chi connectivity index (χ0) is 8.55. The van der Waals surface area contributed by atoms with Crippen molar-refractivity contribution < 1.29 is 4.84 Å². The van der Waals surface area contributed by atoms with Gasteiger partial charge in [0.1, 0.15) is 4.99 Å². The molecular formula is C9H9NOS. The molecule has 0 amide bonds. The Hall–Kier alpha value is -0.930. The van der Waals surface area contributed by atoms with E-state index in [1.165, 1.54) is 5.56 Å². The summed E-state index contributed by atoms with van der Waals surface area (Å²) in [6, 6.07) is 8.08. The van der Waals surface area contributed by atoms with Gasteiger partial charge in [-0.2, -0.15) is 0 Å². The van der Waals surface area contributed by atoms with Crippen molar-refractivity contribution in [3.05, 3.63) is 29.8 Å². The highest BCUT2D eigenvalue weighted by molar-refractivity contribution is 7.80. The van der Waals surface area contributed by atoms with Crippen molar-refractivity contribution in [2.24, 2.45) is 0 Å². The maximum Gasteiger partial charge on any atom is 0.114 e. The van der Waals surface area contributed by atoms with E-state index in [1.54, 1.807) is 12.2 Å². The first-order valence-corrected chi connectivity index (χ1v) is 4.18. The van der Waals surface area contributed by atoms with Crippen molar-refractivity contribution in [1.29, 1.82) is 0 Å². The quantitative estimate of drug-likeness (QED) is 0.611. The number of hydrogen-bond donors (Lipinski definition) is 0. The smallest absolute Gasteiger partial charge is 0.114 e. The van der Waals surface area contributed by atoms with Crippen molar-refractivity contribution >= 4 is 22.9 Å². The van der Waals surface area contributed by atoms with E-state index in [0.717, 1.165) is 17.1 Å². The number of thiocarbonyl (C=S) groups is 1. The number of benzene rings is 1. The SMILES string of the molecule is CON1C(=S)Cc2ccccc21. The van der Waals surface area contributed by atoms with Gasteiger partial charge in [-0.1, -0.05) is 30.4 Å². The molecule has 0 aliphatic carbocycles. The number of rotatable bonds is 1. The molecule has 0 radical (unpaired) electrons. The summed E-state index contributed by atoms with van der Waals surface area (Å²) in [6.45, 7) is 0. The van der Waals surface area contributed by atoms with Gasteiger partial charge in [-0.05, 0) is 11.6 Å². The van der Waals surface area contributed by atoms with Crippen LogP contribution in [-0.4, -0.2) is 12.1 Å². The van der Waals surface area contributed by atoms with Gasteiger partial charge in [0.15, 0.2) is 0 Å². The summed E-state index contributed by atoms with van der Waals surface area (Å²) in [4.78, 5) is 5.97. The fraction of sp³-hybridized carbons (Fsp3) is 0.222. The number of para-hydroxylation sites is 1. The second kappa shape index (κ2) is 2.84. The maximum atomic E-state index is 5.15. The molecule has 0 aromatic heterocycles. The summed E-state index contributed by atoms with van der Waals surface area (Å²) in [5.41, 5.74) is 2.31. The van der Waals surface area contributed by atoms with E-state index in [4.69, 9.17) is 17.1 Å². The van der Waals surface area contributed by atoms with Crippen molar-refractivity contribution in [3.63, 3.8) is 0 Å². The maximum absolute atomic E-state index is 5.15.